The van der Waals surface area contributed by atoms with E-state index >= 15 is 0 Å². The fourth-order valence-corrected chi connectivity index (χ4v) is 15.4. The molecule has 0 fully saturated rings. The molecule has 0 aromatic heterocycles. The zero-order valence-electron chi connectivity index (χ0n) is 64.8. The Hall–Kier alpha value is 1.17. The molecule has 13 heteroatoms. The molecule has 0 aliphatic carbocycles. The van der Waals surface area contributed by atoms with Gasteiger partial charge in [0.1, 0.15) is 0 Å². The van der Waals surface area contributed by atoms with Crippen LogP contribution in [0.25, 0.3) is 0 Å². The SMILES string of the molecule is CCCCCCCCCCCCP(O)(O)(O)CCCCCCCCCCCC.CCCCCCCCCCCCP(O)(O)(O)CCCCCCCCCCCC.CCCCCCCCO.CCCCCCCCO.CCCCCCCCO.CCCCCCCCO.[Ti]. The first-order valence-corrected chi connectivity index (χ1v) is 46.3. The molecule has 0 aliphatic rings. The molecule has 0 rings (SSSR count). The Balaban J connectivity index is -0.000000208. The van der Waals surface area contributed by atoms with Gasteiger partial charge in [-0.25, -0.2) is 0 Å². The molecule has 0 saturated carbocycles. The van der Waals surface area contributed by atoms with Gasteiger partial charge in [0.25, 0.3) is 0 Å². The van der Waals surface area contributed by atoms with Gasteiger partial charge in [-0.2, -0.15) is 0 Å². The Kier molecular flexibility index (Phi) is 105. The van der Waals surface area contributed by atoms with Crippen LogP contribution in [0.5, 0.6) is 0 Å². The molecule has 572 valence electrons. The van der Waals surface area contributed by atoms with Crippen LogP contribution >= 0.6 is 14.6 Å². The summed E-state index contributed by atoms with van der Waals surface area (Å²) < 4.78 is 0. The van der Waals surface area contributed by atoms with Gasteiger partial charge < -0.3 is 20.4 Å². The van der Waals surface area contributed by atoms with Crippen LogP contribution in [0.15, 0.2) is 0 Å². The third kappa shape index (κ3) is 118. The van der Waals surface area contributed by atoms with Crippen LogP contribution in [0.3, 0.4) is 0 Å². The summed E-state index contributed by atoms with van der Waals surface area (Å²) in [4.78, 5) is 61.6. The van der Waals surface area contributed by atoms with E-state index in [0.29, 0.717) is 26.4 Å². The van der Waals surface area contributed by atoms with Crippen LogP contribution in [0.2, 0.25) is 0 Å². The Labute approximate surface area is 599 Å². The number of hydrogen-bond acceptors (Lipinski definition) is 10. The molecule has 93 heavy (non-hydrogen) atoms. The van der Waals surface area contributed by atoms with Crippen LogP contribution in [0.1, 0.15) is 466 Å². The molecule has 10 N–H and O–H groups in total. The van der Waals surface area contributed by atoms with E-state index in [1.165, 1.54) is 308 Å². The number of rotatable bonds is 68. The van der Waals surface area contributed by atoms with E-state index in [9.17, 15) is 29.4 Å². The average molecular weight is 1410 g/mol. The fraction of sp³-hybridized carbons (Fsp3) is 1.00. The van der Waals surface area contributed by atoms with Crippen molar-refractivity contribution in [3.05, 3.63) is 0 Å². The monoisotopic (exact) mass is 1410 g/mol. The molecule has 0 bridgehead atoms. The third-order valence-corrected chi connectivity index (χ3v) is 22.9. The molecule has 0 aromatic rings. The van der Waals surface area contributed by atoms with E-state index in [2.05, 4.69) is 55.4 Å². The van der Waals surface area contributed by atoms with E-state index in [0.717, 1.165) is 103 Å². The Bertz CT molecular complexity index is 1040. The van der Waals surface area contributed by atoms with Gasteiger partial charge in [0, 0.05) is 48.1 Å². The maximum atomic E-state index is 10.3. The Morgan fingerprint density at radius 3 is 0.323 bits per heavy atom. The number of unbranched alkanes of at least 4 members (excludes halogenated alkanes) is 56. The summed E-state index contributed by atoms with van der Waals surface area (Å²) in [6, 6.07) is 0. The van der Waals surface area contributed by atoms with Gasteiger partial charge in [0.2, 0.25) is 0 Å². The standard InChI is InChI=1S/2C24H53O3P.4C8H18O.Ti/c2*1-3-5-7-9-11-13-15-17-19-21-23-28(25,26,27)24-22-20-18-16-14-12-10-8-6-4-2;4*1-2-3-4-5-6-7-8-9;/h2*25-27H,3-24H2,1-2H3;4*9H,2-8H2,1H3;. The van der Waals surface area contributed by atoms with E-state index in [1.807, 2.05) is 0 Å². The smallest absolute Gasteiger partial charge is 0.396 e. The predicted molar refractivity (Wildman–Crippen MR) is 416 cm³/mol. The van der Waals surface area contributed by atoms with Gasteiger partial charge in [-0.1, -0.05) is 156 Å². The molecule has 0 spiro atoms. The zero-order chi connectivity index (χ0) is 69.8. The summed E-state index contributed by atoms with van der Waals surface area (Å²) in [5.74, 6) is 0. The molecule has 0 aliphatic heterocycles. The van der Waals surface area contributed by atoms with Crippen molar-refractivity contribution in [1.29, 1.82) is 0 Å². The Morgan fingerprint density at radius 2 is 0.226 bits per heavy atom. The van der Waals surface area contributed by atoms with Crippen LogP contribution < -0.4 is 0 Å². The first-order valence-electron chi connectivity index (χ1n) is 41.4. The minimum Gasteiger partial charge on any atom is -0.396 e. The summed E-state index contributed by atoms with van der Waals surface area (Å²) in [5.41, 5.74) is 0. The van der Waals surface area contributed by atoms with Crippen molar-refractivity contribution >= 4 is 14.6 Å². The summed E-state index contributed by atoms with van der Waals surface area (Å²) in [7, 11) is -8.71. The van der Waals surface area contributed by atoms with Crippen LogP contribution in [0.4, 0.5) is 0 Å². The van der Waals surface area contributed by atoms with Crippen LogP contribution in [-0.4, -0.2) is 101 Å². The summed E-state index contributed by atoms with van der Waals surface area (Å²) in [5, 5.41) is 33.7. The summed E-state index contributed by atoms with van der Waals surface area (Å²) in [6.07, 6.45) is 79.4. The van der Waals surface area contributed by atoms with Gasteiger partial charge in [-0.15, -0.1) is 0 Å². The predicted octanol–water partition coefficient (Wildman–Crippen LogP) is 25.6. The van der Waals surface area contributed by atoms with Crippen LogP contribution in [0, 0.1) is 0 Å². The van der Waals surface area contributed by atoms with Crippen molar-refractivity contribution in [2.75, 3.05) is 51.1 Å². The van der Waals surface area contributed by atoms with Gasteiger partial charge in [-0.3, -0.25) is 0 Å². The van der Waals surface area contributed by atoms with Gasteiger partial charge in [0.05, 0.1) is 0 Å². The second kappa shape index (κ2) is 91.2. The molecule has 0 amide bonds. The molecule has 0 radical (unpaired) electrons. The fourth-order valence-electron chi connectivity index (χ4n) is 11.5. The van der Waals surface area contributed by atoms with E-state index < -0.39 is 14.6 Å². The minimum atomic E-state index is -4.36. The van der Waals surface area contributed by atoms with Crippen molar-refractivity contribution in [2.45, 2.75) is 466 Å². The molecule has 0 saturated heterocycles. The average Bonchev–Trinajstić information content (AvgIpc) is 1.03. The molecule has 10 nitrogen and oxygen atoms in total. The number of hydrogen-bond donors (Lipinski definition) is 10. The first-order chi connectivity index (χ1) is 44.4. The quantitative estimate of drug-likeness (QED) is 0.0159. The minimum absolute atomic E-state index is 0. The summed E-state index contributed by atoms with van der Waals surface area (Å²) >= 11 is 0. The zero-order valence-corrected chi connectivity index (χ0v) is 68.1. The molecular formula is C80H178O10P2Ti. The first kappa shape index (κ1) is 108. The molecule has 0 heterocycles. The van der Waals surface area contributed by atoms with Crippen molar-refractivity contribution in [3.8, 4) is 0 Å². The third-order valence-electron chi connectivity index (χ3n) is 17.9. The van der Waals surface area contributed by atoms with E-state index in [4.69, 9.17) is 20.4 Å². The van der Waals surface area contributed by atoms with E-state index in [1.54, 1.807) is 0 Å². The van der Waals surface area contributed by atoms with Crippen molar-refractivity contribution in [2.24, 2.45) is 0 Å². The van der Waals surface area contributed by atoms with Crippen molar-refractivity contribution < 1.29 is 71.5 Å². The topological polar surface area (TPSA) is 202 Å². The second-order valence-electron chi connectivity index (χ2n) is 28.3. The summed E-state index contributed by atoms with van der Waals surface area (Å²) in [6.45, 7) is 19.3. The maximum absolute atomic E-state index is 10.3. The van der Waals surface area contributed by atoms with E-state index in [-0.39, 0.29) is 46.4 Å². The molecular weight excluding hydrogens is 1230 g/mol. The van der Waals surface area contributed by atoms with Crippen LogP contribution in [-0.2, 0) is 21.7 Å². The number of aliphatic hydroxyl groups is 4. The van der Waals surface area contributed by atoms with Crippen molar-refractivity contribution in [1.82, 2.24) is 0 Å². The molecule has 0 unspecified atom stereocenters. The van der Waals surface area contributed by atoms with Gasteiger partial charge in [-0.05, 0) is 25.7 Å². The Morgan fingerprint density at radius 1 is 0.140 bits per heavy atom. The molecule has 0 atom stereocenters. The molecule has 0 aromatic carbocycles. The van der Waals surface area contributed by atoms with Crippen molar-refractivity contribution in [3.63, 3.8) is 0 Å². The van der Waals surface area contributed by atoms with Gasteiger partial charge >= 0.3 is 353 Å². The normalized spacial score (nSPS) is 12.0. The van der Waals surface area contributed by atoms with Gasteiger partial charge in [0.15, 0.2) is 0 Å². The number of aliphatic hydroxyl groups excluding tert-OH is 4. The second-order valence-corrected chi connectivity index (χ2v) is 35.4.